The average Bonchev–Trinajstić information content (AvgIpc) is 2.58. The molecule has 0 heterocycles. The standard InChI is InChI=1S/C20H29NO4/c1-20(2,3)25-19(23)16-9-11-17(12-10-16)21-13-18(22)24-14-15-7-5-4-6-8-15/h4-8,16-17,21H,9-14H2,1-3H3. The van der Waals surface area contributed by atoms with Crippen LogP contribution < -0.4 is 5.32 Å². The minimum Gasteiger partial charge on any atom is -0.460 e. The van der Waals surface area contributed by atoms with E-state index in [2.05, 4.69) is 5.32 Å². The first-order chi connectivity index (χ1) is 11.8. The molecule has 1 aromatic rings. The molecule has 1 saturated carbocycles. The number of carbonyl (C=O) groups excluding carboxylic acids is 2. The maximum absolute atomic E-state index is 12.1. The number of carbonyl (C=O) groups is 2. The third-order valence-electron chi connectivity index (χ3n) is 4.25. The second kappa shape index (κ2) is 8.99. The molecular weight excluding hydrogens is 318 g/mol. The van der Waals surface area contributed by atoms with Crippen molar-refractivity contribution in [2.45, 2.75) is 64.7 Å². The Balaban J connectivity index is 1.63. The number of benzene rings is 1. The van der Waals surface area contributed by atoms with E-state index in [1.165, 1.54) is 0 Å². The zero-order valence-electron chi connectivity index (χ0n) is 15.4. The van der Waals surface area contributed by atoms with Gasteiger partial charge in [-0.05, 0) is 52.0 Å². The van der Waals surface area contributed by atoms with E-state index in [-0.39, 0.29) is 30.4 Å². The van der Waals surface area contributed by atoms with Gasteiger partial charge in [-0.25, -0.2) is 0 Å². The van der Waals surface area contributed by atoms with Crippen molar-refractivity contribution in [2.75, 3.05) is 6.54 Å². The van der Waals surface area contributed by atoms with Crippen LogP contribution in [0.2, 0.25) is 0 Å². The summed E-state index contributed by atoms with van der Waals surface area (Å²) in [6, 6.07) is 9.88. The molecule has 0 bridgehead atoms. The van der Waals surface area contributed by atoms with Crippen LogP contribution in [-0.4, -0.2) is 30.1 Å². The van der Waals surface area contributed by atoms with Crippen molar-refractivity contribution >= 4 is 11.9 Å². The minimum absolute atomic E-state index is 0.0256. The minimum atomic E-state index is -0.436. The quantitative estimate of drug-likeness (QED) is 0.801. The molecule has 1 aliphatic carbocycles. The van der Waals surface area contributed by atoms with E-state index in [1.54, 1.807) is 0 Å². The second-order valence-electron chi connectivity index (χ2n) is 7.61. The van der Waals surface area contributed by atoms with Crippen molar-refractivity contribution in [3.63, 3.8) is 0 Å². The first-order valence-electron chi connectivity index (χ1n) is 8.99. The molecule has 0 amide bonds. The topological polar surface area (TPSA) is 64.6 Å². The van der Waals surface area contributed by atoms with Crippen LogP contribution in [0.5, 0.6) is 0 Å². The number of rotatable bonds is 6. The predicted molar refractivity (Wildman–Crippen MR) is 95.8 cm³/mol. The van der Waals surface area contributed by atoms with E-state index in [9.17, 15) is 9.59 Å². The molecule has 0 aromatic heterocycles. The highest BCUT2D eigenvalue weighted by molar-refractivity contribution is 5.73. The zero-order chi connectivity index (χ0) is 18.3. The van der Waals surface area contributed by atoms with Crippen molar-refractivity contribution in [1.82, 2.24) is 5.32 Å². The highest BCUT2D eigenvalue weighted by atomic mass is 16.6. The van der Waals surface area contributed by atoms with Crippen LogP contribution >= 0.6 is 0 Å². The molecule has 1 fully saturated rings. The largest absolute Gasteiger partial charge is 0.460 e. The molecule has 5 nitrogen and oxygen atoms in total. The molecule has 0 atom stereocenters. The summed E-state index contributed by atoms with van der Waals surface area (Å²) in [6.45, 7) is 6.17. The Hall–Kier alpha value is -1.88. The fourth-order valence-electron chi connectivity index (χ4n) is 2.94. The molecule has 0 aliphatic heterocycles. The van der Waals surface area contributed by atoms with Crippen LogP contribution in [0.1, 0.15) is 52.0 Å². The molecule has 1 aromatic carbocycles. The highest BCUT2D eigenvalue weighted by Gasteiger charge is 2.29. The highest BCUT2D eigenvalue weighted by Crippen LogP contribution is 2.26. The second-order valence-corrected chi connectivity index (χ2v) is 7.61. The van der Waals surface area contributed by atoms with Gasteiger partial charge in [0.2, 0.25) is 0 Å². The predicted octanol–water partition coefficient (Wildman–Crippen LogP) is 3.22. The first-order valence-corrected chi connectivity index (χ1v) is 8.99. The number of ether oxygens (including phenoxy) is 2. The van der Waals surface area contributed by atoms with Gasteiger partial charge in [-0.1, -0.05) is 30.3 Å². The Labute approximate surface area is 150 Å². The molecule has 0 unspecified atom stereocenters. The third-order valence-corrected chi connectivity index (χ3v) is 4.25. The lowest BCUT2D eigenvalue weighted by Crippen LogP contribution is -2.39. The van der Waals surface area contributed by atoms with Gasteiger partial charge in [-0.15, -0.1) is 0 Å². The SMILES string of the molecule is CC(C)(C)OC(=O)C1CCC(NCC(=O)OCc2ccccc2)CC1. The van der Waals surface area contributed by atoms with E-state index in [0.29, 0.717) is 6.61 Å². The van der Waals surface area contributed by atoms with Gasteiger partial charge in [0.1, 0.15) is 12.2 Å². The van der Waals surface area contributed by atoms with E-state index >= 15 is 0 Å². The average molecular weight is 347 g/mol. The summed E-state index contributed by atoms with van der Waals surface area (Å²) in [7, 11) is 0. The van der Waals surface area contributed by atoms with Gasteiger partial charge in [0, 0.05) is 6.04 Å². The Morgan fingerprint density at radius 3 is 2.32 bits per heavy atom. The van der Waals surface area contributed by atoms with Crippen LogP contribution in [-0.2, 0) is 25.7 Å². The molecular formula is C20H29NO4. The maximum atomic E-state index is 12.1. The summed E-state index contributed by atoms with van der Waals surface area (Å²) in [5.74, 6) is -0.381. The van der Waals surface area contributed by atoms with Crippen LogP contribution in [0, 0.1) is 5.92 Å². The van der Waals surface area contributed by atoms with Crippen molar-refractivity contribution in [1.29, 1.82) is 0 Å². The monoisotopic (exact) mass is 347 g/mol. The summed E-state index contributed by atoms with van der Waals surface area (Å²) in [5.41, 5.74) is 0.544. The van der Waals surface area contributed by atoms with Gasteiger partial charge >= 0.3 is 11.9 Å². The van der Waals surface area contributed by atoms with Gasteiger partial charge in [-0.3, -0.25) is 9.59 Å². The number of esters is 2. The van der Waals surface area contributed by atoms with Crippen molar-refractivity contribution in [3.8, 4) is 0 Å². The van der Waals surface area contributed by atoms with Crippen molar-refractivity contribution in [2.24, 2.45) is 5.92 Å². The first kappa shape index (κ1) is 19.4. The lowest BCUT2D eigenvalue weighted by Gasteiger charge is -2.30. The fourth-order valence-corrected chi connectivity index (χ4v) is 2.94. The van der Waals surface area contributed by atoms with E-state index in [1.807, 2.05) is 51.1 Å². The molecule has 1 N–H and O–H groups in total. The zero-order valence-corrected chi connectivity index (χ0v) is 15.4. The fraction of sp³-hybridized carbons (Fsp3) is 0.600. The smallest absolute Gasteiger partial charge is 0.320 e. The van der Waals surface area contributed by atoms with Gasteiger partial charge in [0.15, 0.2) is 0 Å². The van der Waals surface area contributed by atoms with Gasteiger partial charge in [0.25, 0.3) is 0 Å². The summed E-state index contributed by atoms with van der Waals surface area (Å²) >= 11 is 0. The van der Waals surface area contributed by atoms with Gasteiger partial charge in [-0.2, -0.15) is 0 Å². The summed E-state index contributed by atoms with van der Waals surface area (Å²) in [5, 5.41) is 3.24. The number of hydrogen-bond donors (Lipinski definition) is 1. The Morgan fingerprint density at radius 1 is 1.08 bits per heavy atom. The van der Waals surface area contributed by atoms with Crippen molar-refractivity contribution < 1.29 is 19.1 Å². The van der Waals surface area contributed by atoms with Gasteiger partial charge in [0.05, 0.1) is 12.5 Å². The Kier molecular flexibility index (Phi) is 7.00. The normalized spacial score (nSPS) is 20.8. The lowest BCUT2D eigenvalue weighted by molar-refractivity contribution is -0.161. The molecule has 5 heteroatoms. The summed E-state index contributed by atoms with van der Waals surface area (Å²) in [4.78, 5) is 23.9. The van der Waals surface area contributed by atoms with Crippen LogP contribution in [0.25, 0.3) is 0 Å². The molecule has 0 saturated heterocycles. The van der Waals surface area contributed by atoms with Crippen LogP contribution in [0.15, 0.2) is 30.3 Å². The molecule has 25 heavy (non-hydrogen) atoms. The Morgan fingerprint density at radius 2 is 1.72 bits per heavy atom. The summed E-state index contributed by atoms with van der Waals surface area (Å²) < 4.78 is 10.7. The van der Waals surface area contributed by atoms with Crippen LogP contribution in [0.4, 0.5) is 0 Å². The third kappa shape index (κ3) is 7.26. The maximum Gasteiger partial charge on any atom is 0.320 e. The molecule has 0 radical (unpaired) electrons. The molecule has 138 valence electrons. The van der Waals surface area contributed by atoms with E-state index in [0.717, 1.165) is 31.2 Å². The lowest BCUT2D eigenvalue weighted by atomic mass is 9.86. The number of nitrogens with one attached hydrogen (secondary N) is 1. The van der Waals surface area contributed by atoms with Crippen LogP contribution in [0.3, 0.4) is 0 Å². The molecule has 0 spiro atoms. The summed E-state index contributed by atoms with van der Waals surface area (Å²) in [6.07, 6.45) is 3.34. The van der Waals surface area contributed by atoms with E-state index < -0.39 is 5.60 Å². The van der Waals surface area contributed by atoms with Crippen molar-refractivity contribution in [3.05, 3.63) is 35.9 Å². The Bertz CT molecular complexity index is 557. The molecule has 1 aliphatic rings. The van der Waals surface area contributed by atoms with Gasteiger partial charge < -0.3 is 14.8 Å². The number of hydrogen-bond acceptors (Lipinski definition) is 5. The molecule has 2 rings (SSSR count). The van der Waals surface area contributed by atoms with E-state index in [4.69, 9.17) is 9.47 Å².